The van der Waals surface area contributed by atoms with E-state index in [-0.39, 0.29) is 18.8 Å². The minimum atomic E-state index is -0.880. The number of carboxylic acids is 1. The van der Waals surface area contributed by atoms with Gasteiger partial charge >= 0.3 is 5.97 Å². The van der Waals surface area contributed by atoms with E-state index in [9.17, 15) is 9.18 Å². The van der Waals surface area contributed by atoms with Crippen molar-refractivity contribution in [3.8, 4) is 0 Å². The van der Waals surface area contributed by atoms with Crippen molar-refractivity contribution in [3.63, 3.8) is 0 Å². The van der Waals surface area contributed by atoms with Gasteiger partial charge in [-0.2, -0.15) is 0 Å². The van der Waals surface area contributed by atoms with Gasteiger partial charge in [-0.25, -0.2) is 9.07 Å². The van der Waals surface area contributed by atoms with E-state index in [4.69, 9.17) is 16.7 Å². The van der Waals surface area contributed by atoms with Gasteiger partial charge in [-0.15, -0.1) is 5.10 Å². The Morgan fingerprint density at radius 1 is 1.52 bits per heavy atom. The summed E-state index contributed by atoms with van der Waals surface area (Å²) in [5.41, 5.74) is 0.320. The van der Waals surface area contributed by atoms with Gasteiger partial charge in [-0.1, -0.05) is 24.6 Å². The second-order valence-corrected chi connectivity index (χ2v) is 5.26. The van der Waals surface area contributed by atoms with E-state index in [0.29, 0.717) is 23.0 Å². The van der Waals surface area contributed by atoms with E-state index >= 15 is 0 Å². The van der Waals surface area contributed by atoms with Crippen LogP contribution in [0.2, 0.25) is 5.02 Å². The second-order valence-electron chi connectivity index (χ2n) is 4.86. The van der Waals surface area contributed by atoms with Crippen LogP contribution in [-0.4, -0.2) is 31.3 Å². The standard InChI is InChI=1S/C13H14ClFN4O2/c1-8(5-13(20)21)7-19-12(16-17-18-19)6-9-10(14)3-2-4-11(9)15/h2-4,8H,5-7H2,1H3,(H,20,21). The minimum absolute atomic E-state index is 0.0136. The highest BCUT2D eigenvalue weighted by atomic mass is 35.5. The summed E-state index contributed by atoms with van der Waals surface area (Å²) < 4.78 is 15.3. The molecule has 8 heteroatoms. The van der Waals surface area contributed by atoms with Crippen LogP contribution >= 0.6 is 11.6 Å². The molecule has 0 aliphatic carbocycles. The normalized spacial score (nSPS) is 12.3. The zero-order chi connectivity index (χ0) is 15.4. The molecule has 1 aromatic carbocycles. The number of aromatic nitrogens is 4. The predicted octanol–water partition coefficient (Wildman–Crippen LogP) is 2.17. The van der Waals surface area contributed by atoms with Crippen LogP contribution in [0.1, 0.15) is 24.7 Å². The average molecular weight is 313 g/mol. The van der Waals surface area contributed by atoms with Gasteiger partial charge in [0.2, 0.25) is 0 Å². The number of carbonyl (C=O) groups is 1. The highest BCUT2D eigenvalue weighted by Crippen LogP contribution is 2.21. The number of hydrogen-bond acceptors (Lipinski definition) is 4. The van der Waals surface area contributed by atoms with Crippen LogP contribution in [0.15, 0.2) is 18.2 Å². The third-order valence-electron chi connectivity index (χ3n) is 3.01. The van der Waals surface area contributed by atoms with Gasteiger partial charge < -0.3 is 5.11 Å². The molecule has 1 unspecified atom stereocenters. The summed E-state index contributed by atoms with van der Waals surface area (Å²) in [5.74, 6) is -0.995. The molecule has 0 aliphatic heterocycles. The van der Waals surface area contributed by atoms with E-state index in [1.54, 1.807) is 13.0 Å². The van der Waals surface area contributed by atoms with Crippen LogP contribution in [0, 0.1) is 11.7 Å². The number of tetrazole rings is 1. The predicted molar refractivity (Wildman–Crippen MR) is 73.4 cm³/mol. The van der Waals surface area contributed by atoms with Crippen LogP contribution < -0.4 is 0 Å². The highest BCUT2D eigenvalue weighted by molar-refractivity contribution is 6.31. The molecule has 1 atom stereocenters. The topological polar surface area (TPSA) is 80.9 Å². The molecule has 0 bridgehead atoms. The van der Waals surface area contributed by atoms with Gasteiger partial charge in [0.1, 0.15) is 5.82 Å². The van der Waals surface area contributed by atoms with Crippen LogP contribution in [0.3, 0.4) is 0 Å². The maximum atomic E-state index is 13.8. The van der Waals surface area contributed by atoms with E-state index < -0.39 is 11.8 Å². The van der Waals surface area contributed by atoms with Crippen molar-refractivity contribution in [2.75, 3.05) is 0 Å². The molecule has 0 aliphatic rings. The molecule has 0 saturated carbocycles. The lowest BCUT2D eigenvalue weighted by Gasteiger charge is -2.10. The van der Waals surface area contributed by atoms with Gasteiger partial charge in [0.05, 0.1) is 0 Å². The van der Waals surface area contributed by atoms with Crippen LogP contribution in [-0.2, 0) is 17.8 Å². The number of aliphatic carboxylic acids is 1. The van der Waals surface area contributed by atoms with Crippen LogP contribution in [0.5, 0.6) is 0 Å². The zero-order valence-electron chi connectivity index (χ0n) is 11.3. The molecule has 1 N–H and O–H groups in total. The smallest absolute Gasteiger partial charge is 0.303 e. The summed E-state index contributed by atoms with van der Waals surface area (Å²) in [4.78, 5) is 10.7. The third-order valence-corrected chi connectivity index (χ3v) is 3.36. The van der Waals surface area contributed by atoms with Crippen molar-refractivity contribution in [1.82, 2.24) is 20.2 Å². The fraction of sp³-hybridized carbons (Fsp3) is 0.385. The summed E-state index contributed by atoms with van der Waals surface area (Å²) in [6.45, 7) is 2.14. The molecular weight excluding hydrogens is 299 g/mol. The Bertz CT molecular complexity index is 627. The Morgan fingerprint density at radius 3 is 2.95 bits per heavy atom. The summed E-state index contributed by atoms with van der Waals surface area (Å²) in [6, 6.07) is 4.45. The zero-order valence-corrected chi connectivity index (χ0v) is 12.1. The van der Waals surface area contributed by atoms with Crippen molar-refractivity contribution in [3.05, 3.63) is 40.4 Å². The third kappa shape index (κ3) is 3.98. The van der Waals surface area contributed by atoms with Crippen molar-refractivity contribution in [1.29, 1.82) is 0 Å². The van der Waals surface area contributed by atoms with Crippen molar-refractivity contribution in [2.45, 2.75) is 26.3 Å². The van der Waals surface area contributed by atoms with E-state index in [1.807, 2.05) is 0 Å². The van der Waals surface area contributed by atoms with Crippen LogP contribution in [0.4, 0.5) is 4.39 Å². The summed E-state index contributed by atoms with van der Waals surface area (Å²) >= 11 is 5.98. The van der Waals surface area contributed by atoms with Gasteiger partial charge in [-0.3, -0.25) is 4.79 Å². The van der Waals surface area contributed by atoms with Crippen molar-refractivity contribution >= 4 is 17.6 Å². The average Bonchev–Trinajstić information content (AvgIpc) is 2.80. The molecule has 0 saturated heterocycles. The maximum Gasteiger partial charge on any atom is 0.303 e. The Kier molecular flexibility index (Phi) is 4.85. The molecule has 112 valence electrons. The Labute approximate surface area is 125 Å². The number of nitrogens with zero attached hydrogens (tertiary/aromatic N) is 4. The van der Waals surface area contributed by atoms with Gasteiger partial charge in [0, 0.05) is 30.0 Å². The first-order valence-electron chi connectivity index (χ1n) is 6.37. The van der Waals surface area contributed by atoms with E-state index in [0.717, 1.165) is 0 Å². The SMILES string of the molecule is CC(CC(=O)O)Cn1nnnc1Cc1c(F)cccc1Cl. The Morgan fingerprint density at radius 2 is 2.29 bits per heavy atom. The lowest BCUT2D eigenvalue weighted by molar-refractivity contribution is -0.138. The lowest BCUT2D eigenvalue weighted by Crippen LogP contribution is -2.16. The van der Waals surface area contributed by atoms with Gasteiger partial charge in [0.15, 0.2) is 5.82 Å². The minimum Gasteiger partial charge on any atom is -0.481 e. The fourth-order valence-corrected chi connectivity index (χ4v) is 2.24. The molecule has 2 rings (SSSR count). The molecule has 0 radical (unpaired) electrons. The number of rotatable bonds is 6. The molecule has 0 fully saturated rings. The summed E-state index contributed by atoms with van der Waals surface area (Å²) in [5, 5.41) is 20.3. The quantitative estimate of drug-likeness (QED) is 0.884. The Balaban J connectivity index is 2.15. The molecular formula is C13H14ClFN4O2. The van der Waals surface area contributed by atoms with E-state index in [2.05, 4.69) is 15.5 Å². The summed E-state index contributed by atoms with van der Waals surface area (Å²) in [6.07, 6.45) is 0.165. The molecule has 6 nitrogen and oxygen atoms in total. The first kappa shape index (κ1) is 15.4. The first-order chi connectivity index (χ1) is 9.97. The number of benzene rings is 1. The number of hydrogen-bond donors (Lipinski definition) is 1. The monoisotopic (exact) mass is 312 g/mol. The largest absolute Gasteiger partial charge is 0.481 e. The summed E-state index contributed by atoms with van der Waals surface area (Å²) in [7, 11) is 0. The van der Waals surface area contributed by atoms with Gasteiger partial charge in [-0.05, 0) is 28.5 Å². The molecule has 0 spiro atoms. The highest BCUT2D eigenvalue weighted by Gasteiger charge is 2.16. The Hall–Kier alpha value is -2.02. The van der Waals surface area contributed by atoms with Gasteiger partial charge in [0.25, 0.3) is 0 Å². The molecule has 2 aromatic rings. The van der Waals surface area contributed by atoms with Crippen molar-refractivity contribution in [2.24, 2.45) is 5.92 Å². The fourth-order valence-electron chi connectivity index (χ4n) is 2.01. The molecule has 1 heterocycles. The van der Waals surface area contributed by atoms with Crippen molar-refractivity contribution < 1.29 is 14.3 Å². The maximum absolute atomic E-state index is 13.8. The molecule has 1 aromatic heterocycles. The number of halogens is 2. The molecule has 21 heavy (non-hydrogen) atoms. The van der Waals surface area contributed by atoms with E-state index in [1.165, 1.54) is 16.8 Å². The number of carboxylic acid groups (broad SMARTS) is 1. The lowest BCUT2D eigenvalue weighted by atomic mass is 10.1. The first-order valence-corrected chi connectivity index (χ1v) is 6.75. The second kappa shape index (κ2) is 6.62. The molecule has 0 amide bonds. The van der Waals surface area contributed by atoms with Crippen LogP contribution in [0.25, 0.3) is 0 Å².